The van der Waals surface area contributed by atoms with E-state index in [1.165, 1.54) is 0 Å². The van der Waals surface area contributed by atoms with Crippen LogP contribution in [0.15, 0.2) is 59.5 Å². The Morgan fingerprint density at radius 3 is 2.24 bits per heavy atom. The number of ether oxygens (including phenoxy) is 1. The van der Waals surface area contributed by atoms with E-state index in [2.05, 4.69) is 0 Å². The molecule has 0 aliphatic rings. The van der Waals surface area contributed by atoms with Crippen LogP contribution in [0, 0.1) is 0 Å². The summed E-state index contributed by atoms with van der Waals surface area (Å²) in [4.78, 5) is 0.397. The maximum Gasteiger partial charge on any atom is 0.186 e. The van der Waals surface area contributed by atoms with Crippen LogP contribution in [0.3, 0.4) is 0 Å². The summed E-state index contributed by atoms with van der Waals surface area (Å²) in [5.74, 6) is 0.808. The van der Waals surface area contributed by atoms with Gasteiger partial charge in [-0.05, 0) is 29.8 Å². The van der Waals surface area contributed by atoms with E-state index < -0.39 is 11.1 Å². The summed E-state index contributed by atoms with van der Waals surface area (Å²) >= 11 is -1.92. The molecule has 0 saturated heterocycles. The quantitative estimate of drug-likeness (QED) is 0.846. The zero-order chi connectivity index (χ0) is 12.1. The first-order valence-corrected chi connectivity index (χ1v) is 6.24. The second-order valence-corrected chi connectivity index (χ2v) is 4.46. The molecular formula is C13H12O3S. The highest BCUT2D eigenvalue weighted by Gasteiger charge is 2.00. The number of hydrogen-bond acceptors (Lipinski definition) is 2. The zero-order valence-corrected chi connectivity index (χ0v) is 9.89. The Labute approximate surface area is 102 Å². The van der Waals surface area contributed by atoms with Crippen molar-refractivity contribution in [3.05, 3.63) is 60.2 Å². The lowest BCUT2D eigenvalue weighted by Gasteiger charge is -2.06. The van der Waals surface area contributed by atoms with Gasteiger partial charge in [0.15, 0.2) is 11.1 Å². The summed E-state index contributed by atoms with van der Waals surface area (Å²) in [6.45, 7) is 0.447. The van der Waals surface area contributed by atoms with Crippen LogP contribution in [0.25, 0.3) is 0 Å². The SMILES string of the molecule is O=S(O)c1ccc(COc2ccccc2)cc1. The Morgan fingerprint density at radius 2 is 1.65 bits per heavy atom. The molecule has 0 aliphatic carbocycles. The predicted molar refractivity (Wildman–Crippen MR) is 66.3 cm³/mol. The number of benzene rings is 2. The number of para-hydroxylation sites is 1. The van der Waals surface area contributed by atoms with Crippen molar-refractivity contribution < 1.29 is 13.5 Å². The highest BCUT2D eigenvalue weighted by molar-refractivity contribution is 7.79. The highest BCUT2D eigenvalue weighted by Crippen LogP contribution is 2.13. The highest BCUT2D eigenvalue weighted by atomic mass is 32.2. The van der Waals surface area contributed by atoms with Crippen molar-refractivity contribution in [3.8, 4) is 5.75 Å². The van der Waals surface area contributed by atoms with Crippen molar-refractivity contribution in [2.24, 2.45) is 0 Å². The number of rotatable bonds is 4. The summed E-state index contributed by atoms with van der Waals surface area (Å²) in [6, 6.07) is 16.3. The molecule has 0 heterocycles. The lowest BCUT2D eigenvalue weighted by molar-refractivity contribution is 0.306. The molecule has 2 aromatic carbocycles. The van der Waals surface area contributed by atoms with Crippen LogP contribution in [0.1, 0.15) is 5.56 Å². The fourth-order valence-corrected chi connectivity index (χ4v) is 1.75. The van der Waals surface area contributed by atoms with E-state index >= 15 is 0 Å². The molecule has 2 rings (SSSR count). The molecule has 0 aromatic heterocycles. The lowest BCUT2D eigenvalue weighted by atomic mass is 10.2. The molecule has 1 N–H and O–H groups in total. The van der Waals surface area contributed by atoms with Crippen molar-refractivity contribution in [3.63, 3.8) is 0 Å². The molecule has 88 valence electrons. The lowest BCUT2D eigenvalue weighted by Crippen LogP contribution is -1.96. The minimum atomic E-state index is -1.92. The van der Waals surface area contributed by atoms with Gasteiger partial charge in [-0.1, -0.05) is 30.3 Å². The molecule has 17 heavy (non-hydrogen) atoms. The van der Waals surface area contributed by atoms with E-state index in [1.807, 2.05) is 30.3 Å². The molecule has 3 nitrogen and oxygen atoms in total. The van der Waals surface area contributed by atoms with Crippen molar-refractivity contribution in [2.75, 3.05) is 0 Å². The molecule has 4 heteroatoms. The molecule has 1 atom stereocenters. The standard InChI is InChI=1S/C13H12O3S/c14-17(15)13-8-6-11(7-9-13)10-16-12-4-2-1-3-5-12/h1-9H,10H2,(H,14,15). The third kappa shape index (κ3) is 3.41. The van der Waals surface area contributed by atoms with Crippen molar-refractivity contribution in [2.45, 2.75) is 11.5 Å². The van der Waals surface area contributed by atoms with Gasteiger partial charge in [-0.15, -0.1) is 0 Å². The van der Waals surface area contributed by atoms with E-state index in [0.29, 0.717) is 11.5 Å². The van der Waals surface area contributed by atoms with Crippen LogP contribution < -0.4 is 4.74 Å². The van der Waals surface area contributed by atoms with Crippen LogP contribution in [0.4, 0.5) is 0 Å². The molecule has 0 aliphatic heterocycles. The van der Waals surface area contributed by atoms with Gasteiger partial charge < -0.3 is 9.29 Å². The van der Waals surface area contributed by atoms with Crippen LogP contribution in [-0.4, -0.2) is 8.76 Å². The molecular weight excluding hydrogens is 236 g/mol. The topological polar surface area (TPSA) is 46.5 Å². The average Bonchev–Trinajstić information content (AvgIpc) is 2.38. The third-order valence-electron chi connectivity index (χ3n) is 2.27. The van der Waals surface area contributed by atoms with Crippen LogP contribution >= 0.6 is 0 Å². The van der Waals surface area contributed by atoms with Gasteiger partial charge in [-0.3, -0.25) is 0 Å². The predicted octanol–water partition coefficient (Wildman–Crippen LogP) is 2.85. The first kappa shape index (κ1) is 11.8. The Balaban J connectivity index is 1.98. The summed E-state index contributed by atoms with van der Waals surface area (Å²) in [5.41, 5.74) is 0.961. The second kappa shape index (κ2) is 5.61. The Hall–Kier alpha value is -1.65. The molecule has 0 spiro atoms. The average molecular weight is 248 g/mol. The summed E-state index contributed by atoms with van der Waals surface area (Å²) in [7, 11) is 0. The molecule has 0 amide bonds. The smallest absolute Gasteiger partial charge is 0.186 e. The maximum absolute atomic E-state index is 10.8. The van der Waals surface area contributed by atoms with Crippen molar-refractivity contribution in [1.29, 1.82) is 0 Å². The summed E-state index contributed by atoms with van der Waals surface area (Å²) < 4.78 is 25.2. The van der Waals surface area contributed by atoms with Gasteiger partial charge in [0, 0.05) is 0 Å². The maximum atomic E-state index is 10.8. The molecule has 1 unspecified atom stereocenters. The largest absolute Gasteiger partial charge is 0.489 e. The van der Waals surface area contributed by atoms with E-state index in [0.717, 1.165) is 11.3 Å². The van der Waals surface area contributed by atoms with E-state index in [1.54, 1.807) is 24.3 Å². The Bertz CT molecular complexity index is 494. The Morgan fingerprint density at radius 1 is 1.00 bits per heavy atom. The van der Waals surface area contributed by atoms with Gasteiger partial charge >= 0.3 is 0 Å². The zero-order valence-electron chi connectivity index (χ0n) is 9.08. The first-order valence-electron chi connectivity index (χ1n) is 5.13. The fraction of sp³-hybridized carbons (Fsp3) is 0.0769. The summed E-state index contributed by atoms with van der Waals surface area (Å²) in [6.07, 6.45) is 0. The van der Waals surface area contributed by atoms with Crippen LogP contribution in [0.5, 0.6) is 5.75 Å². The van der Waals surface area contributed by atoms with E-state index in [9.17, 15) is 4.21 Å². The minimum Gasteiger partial charge on any atom is -0.489 e. The first-order chi connectivity index (χ1) is 8.25. The molecule has 0 radical (unpaired) electrons. The monoisotopic (exact) mass is 248 g/mol. The number of hydrogen-bond donors (Lipinski definition) is 1. The summed E-state index contributed by atoms with van der Waals surface area (Å²) in [5, 5.41) is 0. The van der Waals surface area contributed by atoms with Gasteiger partial charge in [0.25, 0.3) is 0 Å². The van der Waals surface area contributed by atoms with E-state index in [-0.39, 0.29) is 0 Å². The van der Waals surface area contributed by atoms with Gasteiger partial charge in [0.1, 0.15) is 12.4 Å². The van der Waals surface area contributed by atoms with Gasteiger partial charge in [0.05, 0.1) is 4.90 Å². The van der Waals surface area contributed by atoms with Crippen LogP contribution in [-0.2, 0) is 17.7 Å². The normalized spacial score (nSPS) is 12.1. The van der Waals surface area contributed by atoms with E-state index in [4.69, 9.17) is 9.29 Å². The second-order valence-electron chi connectivity index (χ2n) is 3.49. The molecule has 0 saturated carbocycles. The molecule has 0 bridgehead atoms. The third-order valence-corrected chi connectivity index (χ3v) is 2.95. The van der Waals surface area contributed by atoms with Gasteiger partial charge in [-0.2, -0.15) is 0 Å². The van der Waals surface area contributed by atoms with Crippen molar-refractivity contribution in [1.82, 2.24) is 0 Å². The van der Waals surface area contributed by atoms with Gasteiger partial charge in [-0.25, -0.2) is 4.21 Å². The molecule has 0 fully saturated rings. The minimum absolute atomic E-state index is 0.397. The molecule has 2 aromatic rings. The fourth-order valence-electron chi connectivity index (χ4n) is 1.39. The van der Waals surface area contributed by atoms with Gasteiger partial charge in [0.2, 0.25) is 0 Å². The van der Waals surface area contributed by atoms with Crippen LogP contribution in [0.2, 0.25) is 0 Å². The Kier molecular flexibility index (Phi) is 3.90. The van der Waals surface area contributed by atoms with Crippen molar-refractivity contribution >= 4 is 11.1 Å².